The van der Waals surface area contributed by atoms with Crippen LogP contribution in [0.4, 0.5) is 0 Å². The minimum Gasteiger partial charge on any atom is -0.310 e. The summed E-state index contributed by atoms with van der Waals surface area (Å²) in [6.45, 7) is 1.24. The smallest absolute Gasteiger partial charge is 0.0273 e. The minimum atomic E-state index is 0. The van der Waals surface area contributed by atoms with Gasteiger partial charge >= 0.3 is 0 Å². The van der Waals surface area contributed by atoms with Crippen LogP contribution in [0.15, 0.2) is 0 Å². The molecule has 1 nitrogen and oxygen atoms in total. The van der Waals surface area contributed by atoms with Crippen LogP contribution >= 0.6 is 24.2 Å². The Labute approximate surface area is 66.4 Å². The van der Waals surface area contributed by atoms with Gasteiger partial charge in [0.15, 0.2) is 0 Å². The number of nitrogens with one attached hydrogen (secondary N) is 1. The molecule has 0 unspecified atom stereocenters. The third-order valence-corrected chi connectivity index (χ3v) is 3.23. The molecule has 0 aromatic rings. The van der Waals surface area contributed by atoms with Gasteiger partial charge in [-0.15, -0.1) is 12.4 Å². The Bertz CT molecular complexity index is 95.2. The summed E-state index contributed by atoms with van der Waals surface area (Å²) in [5, 5.41) is 3.55. The first kappa shape index (κ1) is 7.70. The predicted molar refractivity (Wildman–Crippen MR) is 44.5 cm³/mol. The molecular formula is C6H12ClNS. The summed E-state index contributed by atoms with van der Waals surface area (Å²) in [7, 11) is 0. The van der Waals surface area contributed by atoms with Gasteiger partial charge in [-0.25, -0.2) is 0 Å². The van der Waals surface area contributed by atoms with E-state index in [0.29, 0.717) is 5.54 Å². The quantitative estimate of drug-likeness (QED) is 0.581. The van der Waals surface area contributed by atoms with E-state index in [0.717, 1.165) is 0 Å². The minimum absolute atomic E-state index is 0. The highest BCUT2D eigenvalue weighted by atomic mass is 35.5. The zero-order valence-corrected chi connectivity index (χ0v) is 6.99. The second-order valence-corrected chi connectivity index (χ2v) is 3.86. The van der Waals surface area contributed by atoms with Gasteiger partial charge in [-0.1, -0.05) is 0 Å². The highest BCUT2D eigenvalue weighted by Crippen LogP contribution is 2.39. The second kappa shape index (κ2) is 2.69. The molecule has 1 aliphatic carbocycles. The monoisotopic (exact) mass is 165 g/mol. The highest BCUT2D eigenvalue weighted by molar-refractivity contribution is 7.99. The van der Waals surface area contributed by atoms with Gasteiger partial charge in [-0.2, -0.15) is 11.8 Å². The van der Waals surface area contributed by atoms with Crippen molar-refractivity contribution in [1.29, 1.82) is 0 Å². The molecule has 1 aliphatic heterocycles. The maximum Gasteiger partial charge on any atom is 0.0273 e. The van der Waals surface area contributed by atoms with Gasteiger partial charge in [-0.05, 0) is 12.8 Å². The normalized spacial score (nSPS) is 29.3. The number of halogens is 1. The Morgan fingerprint density at radius 1 is 1.33 bits per heavy atom. The fourth-order valence-electron chi connectivity index (χ4n) is 1.18. The number of hydrogen-bond acceptors (Lipinski definition) is 2. The number of thioether (sulfide) groups is 1. The van der Waals surface area contributed by atoms with E-state index in [4.69, 9.17) is 0 Å². The topological polar surface area (TPSA) is 12.0 Å². The molecule has 2 rings (SSSR count). The lowest BCUT2D eigenvalue weighted by molar-refractivity contribution is 0.557. The van der Waals surface area contributed by atoms with Crippen molar-refractivity contribution in [2.45, 2.75) is 18.4 Å². The first-order valence-corrected chi connectivity index (χ1v) is 4.40. The standard InChI is InChI=1S/C6H11NS.ClH/c1-2-6(1)5-8-4-3-7-6;/h7H,1-5H2;1H. The fourth-order valence-corrected chi connectivity index (χ4v) is 2.35. The summed E-state index contributed by atoms with van der Waals surface area (Å²) in [4.78, 5) is 0. The van der Waals surface area contributed by atoms with Crippen LogP contribution in [-0.4, -0.2) is 23.6 Å². The number of hydrogen-bond donors (Lipinski definition) is 1. The van der Waals surface area contributed by atoms with E-state index in [1.807, 2.05) is 0 Å². The van der Waals surface area contributed by atoms with E-state index in [-0.39, 0.29) is 12.4 Å². The zero-order chi connectivity index (χ0) is 5.45. The van der Waals surface area contributed by atoms with Crippen LogP contribution in [0.1, 0.15) is 12.8 Å². The average Bonchev–Trinajstić information content (AvgIpc) is 2.52. The Balaban J connectivity index is 0.000000405. The highest BCUT2D eigenvalue weighted by Gasteiger charge is 2.43. The van der Waals surface area contributed by atoms with Crippen molar-refractivity contribution >= 4 is 24.2 Å². The van der Waals surface area contributed by atoms with Crippen LogP contribution in [0, 0.1) is 0 Å². The van der Waals surface area contributed by atoms with Crippen LogP contribution in [0.2, 0.25) is 0 Å². The van der Waals surface area contributed by atoms with Crippen LogP contribution in [-0.2, 0) is 0 Å². The van der Waals surface area contributed by atoms with E-state index in [1.165, 1.54) is 30.9 Å². The van der Waals surface area contributed by atoms with Crippen molar-refractivity contribution in [1.82, 2.24) is 5.32 Å². The molecule has 0 atom stereocenters. The van der Waals surface area contributed by atoms with E-state index in [9.17, 15) is 0 Å². The third kappa shape index (κ3) is 1.54. The molecule has 0 aromatic heterocycles. The van der Waals surface area contributed by atoms with Gasteiger partial charge in [0.1, 0.15) is 0 Å². The van der Waals surface area contributed by atoms with Crippen molar-refractivity contribution in [3.8, 4) is 0 Å². The summed E-state index contributed by atoms with van der Waals surface area (Å²) in [6, 6.07) is 0. The van der Waals surface area contributed by atoms with Crippen LogP contribution in [0.25, 0.3) is 0 Å². The molecule has 1 N–H and O–H groups in total. The summed E-state index contributed by atoms with van der Waals surface area (Å²) in [5.74, 6) is 2.69. The van der Waals surface area contributed by atoms with E-state index < -0.39 is 0 Å². The lowest BCUT2D eigenvalue weighted by Crippen LogP contribution is -2.39. The molecule has 54 valence electrons. The molecule has 1 saturated carbocycles. The fraction of sp³-hybridized carbons (Fsp3) is 1.00. The van der Waals surface area contributed by atoms with Crippen molar-refractivity contribution < 1.29 is 0 Å². The largest absolute Gasteiger partial charge is 0.310 e. The number of rotatable bonds is 0. The first-order valence-electron chi connectivity index (χ1n) is 3.24. The van der Waals surface area contributed by atoms with Crippen LogP contribution < -0.4 is 5.32 Å². The zero-order valence-electron chi connectivity index (χ0n) is 5.35. The average molecular weight is 166 g/mol. The molecule has 3 heteroatoms. The molecule has 1 spiro atoms. The van der Waals surface area contributed by atoms with Crippen LogP contribution in [0.3, 0.4) is 0 Å². The summed E-state index contributed by atoms with van der Waals surface area (Å²) in [6.07, 6.45) is 2.86. The van der Waals surface area contributed by atoms with Crippen molar-refractivity contribution in [2.75, 3.05) is 18.1 Å². The van der Waals surface area contributed by atoms with E-state index in [2.05, 4.69) is 17.1 Å². The molecule has 0 amide bonds. The Hall–Kier alpha value is 0.600. The lowest BCUT2D eigenvalue weighted by atomic mass is 10.3. The Morgan fingerprint density at radius 2 is 2.11 bits per heavy atom. The first-order chi connectivity index (χ1) is 3.91. The van der Waals surface area contributed by atoms with E-state index in [1.54, 1.807) is 0 Å². The molecule has 0 radical (unpaired) electrons. The molecule has 0 aromatic carbocycles. The van der Waals surface area contributed by atoms with Crippen molar-refractivity contribution in [3.63, 3.8) is 0 Å². The van der Waals surface area contributed by atoms with Gasteiger partial charge in [0, 0.05) is 23.6 Å². The molecule has 1 saturated heterocycles. The maximum atomic E-state index is 3.55. The lowest BCUT2D eigenvalue weighted by Gasteiger charge is -2.21. The Kier molecular flexibility index (Phi) is 2.30. The Morgan fingerprint density at radius 3 is 2.44 bits per heavy atom. The summed E-state index contributed by atoms with van der Waals surface area (Å²) < 4.78 is 0. The van der Waals surface area contributed by atoms with Gasteiger partial charge in [-0.3, -0.25) is 0 Å². The van der Waals surface area contributed by atoms with Crippen molar-refractivity contribution in [3.05, 3.63) is 0 Å². The maximum absolute atomic E-state index is 3.55. The molecular weight excluding hydrogens is 154 g/mol. The van der Waals surface area contributed by atoms with E-state index >= 15 is 0 Å². The van der Waals surface area contributed by atoms with Gasteiger partial charge < -0.3 is 5.32 Å². The summed E-state index contributed by atoms with van der Waals surface area (Å²) in [5.41, 5.74) is 0.642. The summed E-state index contributed by atoms with van der Waals surface area (Å²) >= 11 is 2.10. The van der Waals surface area contributed by atoms with Gasteiger partial charge in [0.2, 0.25) is 0 Å². The SMILES string of the molecule is C1CSCC2(CC2)N1.Cl. The van der Waals surface area contributed by atoms with Gasteiger partial charge in [0.25, 0.3) is 0 Å². The predicted octanol–water partition coefficient (Wildman–Crippen LogP) is 1.28. The van der Waals surface area contributed by atoms with Crippen molar-refractivity contribution in [2.24, 2.45) is 0 Å². The van der Waals surface area contributed by atoms with Crippen LogP contribution in [0.5, 0.6) is 0 Å². The molecule has 2 fully saturated rings. The molecule has 2 aliphatic rings. The second-order valence-electron chi connectivity index (χ2n) is 2.76. The molecule has 0 bridgehead atoms. The molecule has 1 heterocycles. The third-order valence-electron chi connectivity index (χ3n) is 1.98. The molecule has 9 heavy (non-hydrogen) atoms. The van der Waals surface area contributed by atoms with Gasteiger partial charge in [0.05, 0.1) is 0 Å².